The van der Waals surface area contributed by atoms with Gasteiger partial charge in [-0.05, 0) is 36.4 Å². The summed E-state index contributed by atoms with van der Waals surface area (Å²) < 4.78 is 12.7. The van der Waals surface area contributed by atoms with Crippen LogP contribution in [-0.2, 0) is 0 Å². The first-order valence-corrected chi connectivity index (χ1v) is 4.88. The second-order valence-corrected chi connectivity index (χ2v) is 3.32. The lowest BCUT2D eigenvalue weighted by atomic mass is 10.3. The predicted molar refractivity (Wildman–Crippen MR) is 62.4 cm³/mol. The van der Waals surface area contributed by atoms with Crippen LogP contribution in [0.3, 0.4) is 0 Å². The Morgan fingerprint density at radius 2 is 1.56 bits per heavy atom. The van der Waals surface area contributed by atoms with E-state index in [4.69, 9.17) is 0 Å². The van der Waals surface area contributed by atoms with Crippen LogP contribution in [0.5, 0.6) is 0 Å². The third-order valence-corrected chi connectivity index (χ3v) is 2.12. The highest BCUT2D eigenvalue weighted by Crippen LogP contribution is 2.12. The zero-order valence-corrected chi connectivity index (χ0v) is 8.48. The Balaban J connectivity index is 2.31. The van der Waals surface area contributed by atoms with Gasteiger partial charge in [0.05, 0.1) is 5.69 Å². The maximum absolute atomic E-state index is 12.7. The van der Waals surface area contributed by atoms with E-state index in [1.807, 2.05) is 0 Å². The average molecular weight is 215 g/mol. The molecule has 0 amide bonds. The molecule has 0 aliphatic heterocycles. The van der Waals surface area contributed by atoms with E-state index in [2.05, 4.69) is 5.32 Å². The molecule has 0 aromatic heterocycles. The molecule has 2 aromatic carbocycles. The summed E-state index contributed by atoms with van der Waals surface area (Å²) >= 11 is 0. The summed E-state index contributed by atoms with van der Waals surface area (Å²) in [4.78, 5) is 11.6. The van der Waals surface area contributed by atoms with Crippen LogP contribution in [0, 0.1) is 5.82 Å². The first kappa shape index (κ1) is 10.4. The standard InChI is InChI=1S/C13H10FNO/c14-10-6-8-11(9-7-10)15-12-4-2-1-3-5-13(12)16/h1-9H,(H,15,16). The number of benzene rings is 1. The zero-order valence-electron chi connectivity index (χ0n) is 8.48. The van der Waals surface area contributed by atoms with Crippen molar-refractivity contribution in [3.63, 3.8) is 0 Å². The van der Waals surface area contributed by atoms with E-state index in [0.29, 0.717) is 11.4 Å². The molecule has 2 aromatic rings. The summed E-state index contributed by atoms with van der Waals surface area (Å²) in [6, 6.07) is 14.2. The van der Waals surface area contributed by atoms with E-state index in [-0.39, 0.29) is 11.2 Å². The van der Waals surface area contributed by atoms with Crippen molar-refractivity contribution in [3.05, 3.63) is 70.6 Å². The molecule has 2 nitrogen and oxygen atoms in total. The average Bonchev–Trinajstić information content (AvgIpc) is 2.48. The molecule has 0 saturated carbocycles. The van der Waals surface area contributed by atoms with E-state index in [9.17, 15) is 9.18 Å². The van der Waals surface area contributed by atoms with Crippen molar-refractivity contribution in [1.29, 1.82) is 0 Å². The van der Waals surface area contributed by atoms with Gasteiger partial charge in [-0.2, -0.15) is 0 Å². The molecule has 0 aliphatic rings. The molecule has 0 bridgehead atoms. The lowest BCUT2D eigenvalue weighted by molar-refractivity contribution is 0.628. The summed E-state index contributed by atoms with van der Waals surface area (Å²) in [5, 5.41) is 2.94. The molecule has 0 spiro atoms. The molecule has 0 unspecified atom stereocenters. The van der Waals surface area contributed by atoms with Gasteiger partial charge < -0.3 is 5.32 Å². The molecule has 0 heterocycles. The van der Waals surface area contributed by atoms with Crippen LogP contribution in [-0.4, -0.2) is 0 Å². The maximum atomic E-state index is 12.7. The molecule has 2 rings (SSSR count). The molecule has 3 heteroatoms. The zero-order chi connectivity index (χ0) is 11.4. The number of nitrogens with one attached hydrogen (secondary N) is 1. The van der Waals surface area contributed by atoms with Gasteiger partial charge in [-0.3, -0.25) is 4.79 Å². The van der Waals surface area contributed by atoms with Crippen molar-refractivity contribution in [2.75, 3.05) is 5.32 Å². The molecule has 1 N–H and O–H groups in total. The van der Waals surface area contributed by atoms with Crippen molar-refractivity contribution in [3.8, 4) is 0 Å². The van der Waals surface area contributed by atoms with E-state index in [1.165, 1.54) is 18.2 Å². The molecule has 0 aliphatic carbocycles. The van der Waals surface area contributed by atoms with Gasteiger partial charge in [0.1, 0.15) is 5.82 Å². The summed E-state index contributed by atoms with van der Waals surface area (Å²) in [6.45, 7) is 0. The highest BCUT2D eigenvalue weighted by atomic mass is 19.1. The molecule has 0 saturated heterocycles. The lowest BCUT2D eigenvalue weighted by Gasteiger charge is -2.03. The number of anilines is 2. The third-order valence-electron chi connectivity index (χ3n) is 2.12. The van der Waals surface area contributed by atoms with Crippen molar-refractivity contribution in [1.82, 2.24) is 0 Å². The fraction of sp³-hybridized carbons (Fsp3) is 0. The third kappa shape index (κ3) is 2.45. The molecular formula is C13H10FNO. The highest BCUT2D eigenvalue weighted by Gasteiger charge is 1.97. The summed E-state index contributed by atoms with van der Waals surface area (Å²) in [5.74, 6) is -0.300. The molecular weight excluding hydrogens is 205 g/mol. The normalized spacial score (nSPS) is 9.81. The Morgan fingerprint density at radius 1 is 0.875 bits per heavy atom. The van der Waals surface area contributed by atoms with Crippen LogP contribution in [0.2, 0.25) is 0 Å². The van der Waals surface area contributed by atoms with E-state index in [0.717, 1.165) is 0 Å². The van der Waals surface area contributed by atoms with Gasteiger partial charge >= 0.3 is 0 Å². The molecule has 0 radical (unpaired) electrons. The Morgan fingerprint density at radius 3 is 2.31 bits per heavy atom. The molecule has 80 valence electrons. The lowest BCUT2D eigenvalue weighted by Crippen LogP contribution is -2.03. The summed E-state index contributed by atoms with van der Waals surface area (Å²) in [7, 11) is 0. The smallest absolute Gasteiger partial charge is 0.201 e. The van der Waals surface area contributed by atoms with Gasteiger partial charge in [0.2, 0.25) is 5.43 Å². The van der Waals surface area contributed by atoms with Gasteiger partial charge in [-0.1, -0.05) is 18.2 Å². The van der Waals surface area contributed by atoms with Gasteiger partial charge in [-0.25, -0.2) is 4.39 Å². The van der Waals surface area contributed by atoms with E-state index in [1.54, 1.807) is 36.4 Å². The quantitative estimate of drug-likeness (QED) is 0.834. The number of rotatable bonds is 2. The first-order valence-electron chi connectivity index (χ1n) is 4.88. The van der Waals surface area contributed by atoms with Gasteiger partial charge in [0.15, 0.2) is 0 Å². The topological polar surface area (TPSA) is 29.1 Å². The van der Waals surface area contributed by atoms with Gasteiger partial charge in [0.25, 0.3) is 0 Å². The van der Waals surface area contributed by atoms with Crippen LogP contribution in [0.1, 0.15) is 0 Å². The molecule has 0 fully saturated rings. The van der Waals surface area contributed by atoms with E-state index < -0.39 is 0 Å². The van der Waals surface area contributed by atoms with Crippen LogP contribution in [0.25, 0.3) is 0 Å². The van der Waals surface area contributed by atoms with Crippen LogP contribution in [0.4, 0.5) is 15.8 Å². The fourth-order valence-electron chi connectivity index (χ4n) is 1.32. The Labute approximate surface area is 92.4 Å². The van der Waals surface area contributed by atoms with Crippen LogP contribution < -0.4 is 10.7 Å². The Hall–Kier alpha value is -2.16. The van der Waals surface area contributed by atoms with Crippen molar-refractivity contribution < 1.29 is 4.39 Å². The Kier molecular flexibility index (Phi) is 2.96. The van der Waals surface area contributed by atoms with Gasteiger partial charge in [-0.15, -0.1) is 0 Å². The molecule has 16 heavy (non-hydrogen) atoms. The van der Waals surface area contributed by atoms with Crippen molar-refractivity contribution >= 4 is 11.4 Å². The SMILES string of the molecule is O=c1cccccc1Nc1ccc(F)cc1. The summed E-state index contributed by atoms with van der Waals surface area (Å²) in [5.41, 5.74) is 1.05. The Bertz CT molecular complexity index is 537. The van der Waals surface area contributed by atoms with Crippen molar-refractivity contribution in [2.45, 2.75) is 0 Å². The monoisotopic (exact) mass is 215 g/mol. The summed E-state index contributed by atoms with van der Waals surface area (Å²) in [6.07, 6.45) is 0. The highest BCUT2D eigenvalue weighted by molar-refractivity contribution is 5.58. The second-order valence-electron chi connectivity index (χ2n) is 3.32. The minimum atomic E-state index is -0.300. The van der Waals surface area contributed by atoms with E-state index >= 15 is 0 Å². The minimum absolute atomic E-state index is 0.102. The number of halogens is 1. The number of hydrogen-bond donors (Lipinski definition) is 1. The number of hydrogen-bond acceptors (Lipinski definition) is 2. The van der Waals surface area contributed by atoms with Crippen molar-refractivity contribution in [2.24, 2.45) is 0 Å². The predicted octanol–water partition coefficient (Wildman–Crippen LogP) is 2.93. The van der Waals surface area contributed by atoms with Gasteiger partial charge in [0, 0.05) is 5.69 Å². The maximum Gasteiger partial charge on any atom is 0.201 e. The largest absolute Gasteiger partial charge is 0.352 e. The second kappa shape index (κ2) is 4.57. The van der Waals surface area contributed by atoms with Crippen LogP contribution >= 0.6 is 0 Å². The first-order chi connectivity index (χ1) is 7.75. The minimum Gasteiger partial charge on any atom is -0.352 e. The fourth-order valence-corrected chi connectivity index (χ4v) is 1.32. The van der Waals surface area contributed by atoms with Crippen LogP contribution in [0.15, 0.2) is 59.4 Å². The molecule has 0 atom stereocenters.